The van der Waals surface area contributed by atoms with Gasteiger partial charge in [0.05, 0.1) is 18.8 Å². The first-order chi connectivity index (χ1) is 40.3. The Morgan fingerprint density at radius 2 is 0.966 bits per heavy atom. The van der Waals surface area contributed by atoms with E-state index in [1.165, 1.54) is 82.8 Å². The van der Waals surface area contributed by atoms with Crippen molar-refractivity contribution in [2.45, 2.75) is 229 Å². The van der Waals surface area contributed by atoms with E-state index in [9.17, 15) is 48.3 Å². The number of rotatable bonds is 17. The molecule has 1 heterocycles. The molecule has 5 N–H and O–H groups in total. The highest BCUT2D eigenvalue weighted by Gasteiger charge is 2.46. The van der Waals surface area contributed by atoms with E-state index < -0.39 is 162 Å². The monoisotopic (exact) mass is 1230 g/mol. The fourth-order valence-electron chi connectivity index (χ4n) is 10.9. The van der Waals surface area contributed by atoms with Gasteiger partial charge >= 0.3 is 0 Å². The molecule has 13 atom stereocenters. The second-order valence-corrected chi connectivity index (χ2v) is 26.0. The van der Waals surface area contributed by atoms with E-state index in [2.05, 4.69) is 21.3 Å². The fourth-order valence-corrected chi connectivity index (χ4v) is 10.9. The molecule has 1 fully saturated rings. The molecule has 0 aromatic carbocycles. The molecule has 24 heteroatoms. The standard InChI is InChI=1S/C63H113N11O13/c1-25-28-29-40(14)53(76)52-57(80)66-44(27-3)59(82)68(18)34-48(75)72(22)51(43(17)87-30-26-2)56(79)67-49(38(10)11)62(85)69(19)45(31-35(4)5)55(78)64-41(15)54(77)65-42(16)58(81)70(20)46(32-36(6)7)60(83)71(21)47(33-37(8)9)61(84)73(23)50(39(12)13)63(86)74(52)24/h25,28,35-47,49-53,76H,26-27,29-34H2,1-24H3,(H,64,78)(H,65,77)(H,66,80)(H,67,79)/b28-25+/t40-,41+,42-,43-,44+,45+,46+,47+,49+,50+,51+,52+,53-/m1/s1. The van der Waals surface area contributed by atoms with Gasteiger partial charge in [-0.2, -0.15) is 0 Å². The summed E-state index contributed by atoms with van der Waals surface area (Å²) in [5, 5.41) is 23.1. The molecule has 0 radical (unpaired) electrons. The van der Waals surface area contributed by atoms with Crippen molar-refractivity contribution in [2.24, 2.45) is 35.5 Å². The Labute approximate surface area is 520 Å². The number of carbonyl (C=O) groups excluding carboxylic acids is 11. The zero-order valence-corrected chi connectivity index (χ0v) is 57.2. The molecule has 1 rings (SSSR count). The molecule has 1 saturated heterocycles. The van der Waals surface area contributed by atoms with E-state index in [0.717, 1.165) is 14.7 Å². The van der Waals surface area contributed by atoms with Crippen LogP contribution >= 0.6 is 0 Å². The molecule has 0 aromatic rings. The third kappa shape index (κ3) is 22.1. The van der Waals surface area contributed by atoms with Crippen molar-refractivity contribution in [2.75, 3.05) is 62.5 Å². The number of aliphatic hydroxyl groups is 1. The zero-order chi connectivity index (χ0) is 67.4. The molecule has 87 heavy (non-hydrogen) atoms. The summed E-state index contributed by atoms with van der Waals surface area (Å²) in [6.07, 6.45) is 2.42. The third-order valence-corrected chi connectivity index (χ3v) is 16.3. The Hall–Kier alpha value is -6.17. The van der Waals surface area contributed by atoms with Gasteiger partial charge in [-0.1, -0.05) is 102 Å². The average Bonchev–Trinajstić information content (AvgIpc) is 1.14. The van der Waals surface area contributed by atoms with Gasteiger partial charge in [-0.3, -0.25) is 52.7 Å². The van der Waals surface area contributed by atoms with Crippen LogP contribution < -0.4 is 21.3 Å². The molecule has 0 spiro atoms. The maximum Gasteiger partial charge on any atom is 0.246 e. The van der Waals surface area contributed by atoms with Crippen LogP contribution in [0, 0.1) is 35.5 Å². The number of ether oxygens (including phenoxy) is 1. The highest BCUT2D eigenvalue weighted by Crippen LogP contribution is 2.25. The predicted molar refractivity (Wildman–Crippen MR) is 335 cm³/mol. The van der Waals surface area contributed by atoms with Crippen molar-refractivity contribution in [3.8, 4) is 0 Å². The van der Waals surface area contributed by atoms with Gasteiger partial charge in [0.25, 0.3) is 0 Å². The van der Waals surface area contributed by atoms with Gasteiger partial charge in [0.15, 0.2) is 0 Å². The number of nitrogens with one attached hydrogen (secondary N) is 4. The van der Waals surface area contributed by atoms with Crippen molar-refractivity contribution in [1.82, 2.24) is 55.6 Å². The Bertz CT molecular complexity index is 2370. The molecule has 0 unspecified atom stereocenters. The van der Waals surface area contributed by atoms with Crippen LogP contribution in [0.25, 0.3) is 0 Å². The quantitative estimate of drug-likeness (QED) is 0.131. The van der Waals surface area contributed by atoms with Crippen LogP contribution in [0.2, 0.25) is 0 Å². The third-order valence-electron chi connectivity index (χ3n) is 16.3. The van der Waals surface area contributed by atoms with Crippen LogP contribution in [-0.4, -0.2) is 239 Å². The lowest BCUT2D eigenvalue weighted by molar-refractivity contribution is -0.157. The zero-order valence-electron chi connectivity index (χ0n) is 57.2. The van der Waals surface area contributed by atoms with Crippen LogP contribution in [0.5, 0.6) is 0 Å². The average molecular weight is 1230 g/mol. The van der Waals surface area contributed by atoms with E-state index in [1.807, 2.05) is 48.5 Å². The van der Waals surface area contributed by atoms with E-state index in [1.54, 1.807) is 67.5 Å². The molecule has 0 aromatic heterocycles. The van der Waals surface area contributed by atoms with Gasteiger partial charge in [-0.15, -0.1) is 0 Å². The summed E-state index contributed by atoms with van der Waals surface area (Å²) in [6.45, 7) is 29.1. The molecule has 11 amide bonds. The van der Waals surface area contributed by atoms with Crippen LogP contribution in [0.1, 0.15) is 156 Å². The topological polar surface area (TPSA) is 288 Å². The number of likely N-dealkylation sites (N-methyl/N-ethyl adjacent to an activating group) is 7. The van der Waals surface area contributed by atoms with Crippen molar-refractivity contribution < 1.29 is 62.6 Å². The summed E-state index contributed by atoms with van der Waals surface area (Å²) >= 11 is 0. The van der Waals surface area contributed by atoms with E-state index in [-0.39, 0.29) is 50.0 Å². The van der Waals surface area contributed by atoms with Gasteiger partial charge in [0.2, 0.25) is 65.0 Å². The SMILES string of the molecule is C/C=C/C[C@@H](C)[C@@H](O)[C@H]1C(=O)N[C@@H](CC)C(=O)N(C)CC(=O)N(C)[C@@H]([C@@H](C)OCCC)C(=O)N[C@@H](C(C)C)C(=O)N(C)[C@@H](CC(C)C)C(=O)N[C@@H](C)C(=O)N[C@H](C)C(=O)N(C)[C@@H](CC(C)C)C(=O)N(C)[C@@H](CC(C)C)C(=O)N(C)[C@@H](C(C)C)C(=O)N1C. The summed E-state index contributed by atoms with van der Waals surface area (Å²) in [6, 6.07) is -12.7. The highest BCUT2D eigenvalue weighted by atomic mass is 16.5. The largest absolute Gasteiger partial charge is 0.390 e. The second-order valence-electron chi connectivity index (χ2n) is 26.0. The molecular weight excluding hydrogens is 1120 g/mol. The number of carbonyl (C=O) groups is 11. The number of aliphatic hydroxyl groups excluding tert-OH is 1. The second kappa shape index (κ2) is 36.3. The van der Waals surface area contributed by atoms with Crippen molar-refractivity contribution in [3.63, 3.8) is 0 Å². The Kier molecular flexibility index (Phi) is 32.9. The summed E-state index contributed by atoms with van der Waals surface area (Å²) in [5.74, 6) is -9.97. The Balaban J connectivity index is 4.37. The van der Waals surface area contributed by atoms with Gasteiger partial charge < -0.3 is 65.4 Å². The summed E-state index contributed by atoms with van der Waals surface area (Å²) in [5.41, 5.74) is 0. The predicted octanol–water partition coefficient (Wildman–Crippen LogP) is 3.04. The van der Waals surface area contributed by atoms with Crippen LogP contribution in [-0.2, 0) is 57.5 Å². The first-order valence-electron chi connectivity index (χ1n) is 31.2. The maximum absolute atomic E-state index is 15.2. The molecule has 0 saturated carbocycles. The first kappa shape index (κ1) is 78.8. The number of hydrogen-bond donors (Lipinski definition) is 5. The molecule has 1 aliphatic rings. The van der Waals surface area contributed by atoms with Crippen molar-refractivity contribution in [3.05, 3.63) is 12.2 Å². The Morgan fingerprint density at radius 1 is 0.506 bits per heavy atom. The molecule has 498 valence electrons. The minimum absolute atomic E-state index is 0.00357. The van der Waals surface area contributed by atoms with Crippen molar-refractivity contribution in [1.29, 1.82) is 0 Å². The minimum Gasteiger partial charge on any atom is -0.390 e. The summed E-state index contributed by atoms with van der Waals surface area (Å²) in [7, 11) is 9.81. The first-order valence-corrected chi connectivity index (χ1v) is 31.2. The molecule has 0 aliphatic carbocycles. The molecule has 0 bridgehead atoms. The normalized spacial score (nSPS) is 26.9. The number of hydrogen-bond acceptors (Lipinski definition) is 13. The molecular formula is C63H113N11O13. The van der Waals surface area contributed by atoms with Crippen LogP contribution in [0.15, 0.2) is 12.2 Å². The van der Waals surface area contributed by atoms with Gasteiger partial charge in [-0.05, 0) is 102 Å². The highest BCUT2D eigenvalue weighted by molar-refractivity contribution is 5.99. The Morgan fingerprint density at radius 3 is 1.44 bits per heavy atom. The van der Waals surface area contributed by atoms with E-state index in [4.69, 9.17) is 4.74 Å². The summed E-state index contributed by atoms with van der Waals surface area (Å²) in [4.78, 5) is 169. The fraction of sp³-hybridized carbons (Fsp3) is 0.794. The van der Waals surface area contributed by atoms with Crippen LogP contribution in [0.3, 0.4) is 0 Å². The van der Waals surface area contributed by atoms with Gasteiger partial charge in [0.1, 0.15) is 60.4 Å². The lowest BCUT2D eigenvalue weighted by Gasteiger charge is -2.41. The van der Waals surface area contributed by atoms with Gasteiger partial charge in [-0.25, -0.2) is 0 Å². The maximum atomic E-state index is 15.2. The van der Waals surface area contributed by atoms with E-state index >= 15 is 9.59 Å². The number of amides is 11. The minimum atomic E-state index is -1.63. The van der Waals surface area contributed by atoms with Crippen molar-refractivity contribution >= 4 is 65.0 Å². The lowest BCUT2D eigenvalue weighted by Crippen LogP contribution is -2.63. The van der Waals surface area contributed by atoms with Gasteiger partial charge in [0, 0.05) is 55.9 Å². The number of allylic oxidation sites excluding steroid dienone is 2. The summed E-state index contributed by atoms with van der Waals surface area (Å²) < 4.78 is 6.02. The smallest absolute Gasteiger partial charge is 0.246 e. The van der Waals surface area contributed by atoms with Crippen LogP contribution in [0.4, 0.5) is 0 Å². The molecule has 1 aliphatic heterocycles. The van der Waals surface area contributed by atoms with E-state index in [0.29, 0.717) is 12.8 Å². The molecule has 24 nitrogen and oxygen atoms in total. The number of nitrogens with zero attached hydrogens (tertiary/aromatic N) is 7. The lowest BCUT2D eigenvalue weighted by atomic mass is 9.91.